The van der Waals surface area contributed by atoms with Crippen molar-refractivity contribution < 1.29 is 23.8 Å². The maximum Gasteiger partial charge on any atom is 0.313 e. The third-order valence-electron chi connectivity index (χ3n) is 4.55. The van der Waals surface area contributed by atoms with E-state index in [9.17, 15) is 9.59 Å². The Balaban J connectivity index is 2.58. The van der Waals surface area contributed by atoms with Crippen LogP contribution in [0.1, 0.15) is 86.0 Å². The molecular formula is C24H38O5. The molecule has 29 heavy (non-hydrogen) atoms. The average Bonchev–Trinajstić information content (AvgIpc) is 2.68. The number of ether oxygens (including phenoxy) is 3. The standard InChI is InChI=1S/C24H38O5/c1-6-7-8-9-10-11-12-13-16-27-20-14-15-21(28-23(25)18(2)3)22(17-20)29-24(26)19(4)5/h14-15,17-19H,6-13,16H2,1-5H3. The zero-order valence-electron chi connectivity index (χ0n) is 18.8. The Morgan fingerprint density at radius 1 is 0.759 bits per heavy atom. The van der Waals surface area contributed by atoms with Gasteiger partial charge in [-0.3, -0.25) is 9.59 Å². The highest BCUT2D eigenvalue weighted by Gasteiger charge is 2.18. The van der Waals surface area contributed by atoms with Gasteiger partial charge in [-0.15, -0.1) is 0 Å². The predicted molar refractivity (Wildman–Crippen MR) is 115 cm³/mol. The van der Waals surface area contributed by atoms with Gasteiger partial charge in [-0.2, -0.15) is 0 Å². The van der Waals surface area contributed by atoms with Crippen LogP contribution in [0.3, 0.4) is 0 Å². The van der Waals surface area contributed by atoms with Crippen LogP contribution in [0.25, 0.3) is 0 Å². The molecule has 1 aromatic rings. The van der Waals surface area contributed by atoms with Crippen molar-refractivity contribution >= 4 is 11.9 Å². The summed E-state index contributed by atoms with van der Waals surface area (Å²) in [4.78, 5) is 23.9. The molecule has 0 spiro atoms. The van der Waals surface area contributed by atoms with E-state index in [1.165, 1.54) is 38.5 Å². The zero-order valence-corrected chi connectivity index (χ0v) is 18.8. The van der Waals surface area contributed by atoms with Gasteiger partial charge in [-0.05, 0) is 18.6 Å². The molecule has 0 aliphatic carbocycles. The van der Waals surface area contributed by atoms with E-state index in [1.807, 2.05) is 0 Å². The molecule has 0 saturated heterocycles. The topological polar surface area (TPSA) is 61.8 Å². The van der Waals surface area contributed by atoms with Gasteiger partial charge < -0.3 is 14.2 Å². The van der Waals surface area contributed by atoms with E-state index in [-0.39, 0.29) is 35.3 Å². The molecular weight excluding hydrogens is 368 g/mol. The van der Waals surface area contributed by atoms with Crippen LogP contribution in [-0.4, -0.2) is 18.5 Å². The van der Waals surface area contributed by atoms with Crippen molar-refractivity contribution in [2.75, 3.05) is 6.61 Å². The molecule has 0 radical (unpaired) electrons. The van der Waals surface area contributed by atoms with Gasteiger partial charge in [0.2, 0.25) is 0 Å². The van der Waals surface area contributed by atoms with Gasteiger partial charge >= 0.3 is 11.9 Å². The molecule has 0 atom stereocenters. The largest absolute Gasteiger partial charge is 0.493 e. The van der Waals surface area contributed by atoms with Crippen LogP contribution in [0.15, 0.2) is 18.2 Å². The fourth-order valence-corrected chi connectivity index (χ4v) is 2.62. The first-order valence-corrected chi connectivity index (χ1v) is 11.0. The summed E-state index contributed by atoms with van der Waals surface area (Å²) in [7, 11) is 0. The summed E-state index contributed by atoms with van der Waals surface area (Å²) < 4.78 is 16.6. The maximum absolute atomic E-state index is 12.0. The number of hydrogen-bond acceptors (Lipinski definition) is 5. The molecule has 0 N–H and O–H groups in total. The van der Waals surface area contributed by atoms with Crippen molar-refractivity contribution in [3.63, 3.8) is 0 Å². The van der Waals surface area contributed by atoms with E-state index in [1.54, 1.807) is 45.9 Å². The van der Waals surface area contributed by atoms with Gasteiger partial charge in [0.05, 0.1) is 18.4 Å². The molecule has 0 amide bonds. The van der Waals surface area contributed by atoms with Gasteiger partial charge in [0.25, 0.3) is 0 Å². The summed E-state index contributed by atoms with van der Waals surface area (Å²) >= 11 is 0. The first kappa shape index (κ1) is 25.0. The van der Waals surface area contributed by atoms with E-state index >= 15 is 0 Å². The monoisotopic (exact) mass is 406 g/mol. The van der Waals surface area contributed by atoms with Crippen molar-refractivity contribution in [1.29, 1.82) is 0 Å². The van der Waals surface area contributed by atoms with Crippen LogP contribution in [0, 0.1) is 11.8 Å². The predicted octanol–water partition coefficient (Wildman–Crippen LogP) is 6.33. The van der Waals surface area contributed by atoms with Crippen molar-refractivity contribution in [1.82, 2.24) is 0 Å². The minimum atomic E-state index is -0.382. The molecule has 0 unspecified atom stereocenters. The molecule has 1 rings (SSSR count). The van der Waals surface area contributed by atoms with Crippen LogP contribution in [-0.2, 0) is 9.59 Å². The summed E-state index contributed by atoms with van der Waals surface area (Å²) in [6, 6.07) is 4.97. The Hall–Kier alpha value is -2.04. The van der Waals surface area contributed by atoms with Crippen LogP contribution in [0.5, 0.6) is 17.2 Å². The third-order valence-corrected chi connectivity index (χ3v) is 4.55. The van der Waals surface area contributed by atoms with Gasteiger partial charge in [0.15, 0.2) is 11.5 Å². The first-order valence-electron chi connectivity index (χ1n) is 11.0. The number of unbranched alkanes of at least 4 members (excludes halogenated alkanes) is 7. The Bertz CT molecular complexity index is 622. The second kappa shape index (κ2) is 14.0. The number of benzene rings is 1. The molecule has 0 heterocycles. The Kier molecular flexibility index (Phi) is 12.1. The summed E-state index contributed by atoms with van der Waals surface area (Å²) in [5, 5.41) is 0. The second-order valence-electron chi connectivity index (χ2n) is 8.08. The van der Waals surface area contributed by atoms with Crippen molar-refractivity contribution in [3.8, 4) is 17.2 Å². The summed E-state index contributed by atoms with van der Waals surface area (Å²) in [6.07, 6.45) is 9.89. The molecule has 0 fully saturated rings. The SMILES string of the molecule is CCCCCCCCCCOc1ccc(OC(=O)C(C)C)c(OC(=O)C(C)C)c1. The third kappa shape index (κ3) is 10.3. The van der Waals surface area contributed by atoms with Crippen molar-refractivity contribution in [3.05, 3.63) is 18.2 Å². The van der Waals surface area contributed by atoms with Gasteiger partial charge in [-0.1, -0.05) is 79.6 Å². The van der Waals surface area contributed by atoms with E-state index in [0.29, 0.717) is 12.4 Å². The number of hydrogen-bond donors (Lipinski definition) is 0. The van der Waals surface area contributed by atoms with Crippen LogP contribution in [0.4, 0.5) is 0 Å². The second-order valence-corrected chi connectivity index (χ2v) is 8.08. The first-order chi connectivity index (χ1) is 13.8. The maximum atomic E-state index is 12.0. The quantitative estimate of drug-likeness (QED) is 0.205. The van der Waals surface area contributed by atoms with E-state index in [0.717, 1.165) is 12.8 Å². The molecule has 5 heteroatoms. The zero-order chi connectivity index (χ0) is 21.6. The molecule has 5 nitrogen and oxygen atoms in total. The molecule has 0 bridgehead atoms. The Labute approximate surface area is 176 Å². The van der Waals surface area contributed by atoms with Crippen LogP contribution < -0.4 is 14.2 Å². The molecule has 0 aliphatic rings. The molecule has 0 aromatic heterocycles. The minimum Gasteiger partial charge on any atom is -0.493 e. The Morgan fingerprint density at radius 2 is 1.28 bits per heavy atom. The summed E-state index contributed by atoms with van der Waals surface area (Å²) in [5.41, 5.74) is 0. The average molecular weight is 407 g/mol. The van der Waals surface area contributed by atoms with Crippen molar-refractivity contribution in [2.45, 2.75) is 86.0 Å². The minimum absolute atomic E-state index is 0.214. The number of esters is 2. The molecule has 0 saturated carbocycles. The molecule has 164 valence electrons. The molecule has 1 aromatic carbocycles. The van der Waals surface area contributed by atoms with E-state index in [2.05, 4.69) is 6.92 Å². The normalized spacial score (nSPS) is 11.0. The summed E-state index contributed by atoms with van der Waals surface area (Å²) in [6.45, 7) is 9.85. The van der Waals surface area contributed by atoms with Crippen molar-refractivity contribution in [2.24, 2.45) is 11.8 Å². The highest BCUT2D eigenvalue weighted by molar-refractivity contribution is 5.78. The van der Waals surface area contributed by atoms with Gasteiger partial charge in [0, 0.05) is 6.07 Å². The highest BCUT2D eigenvalue weighted by atomic mass is 16.6. The number of carbonyl (C=O) groups is 2. The highest BCUT2D eigenvalue weighted by Crippen LogP contribution is 2.33. The number of rotatable bonds is 14. The van der Waals surface area contributed by atoms with E-state index < -0.39 is 0 Å². The lowest BCUT2D eigenvalue weighted by Crippen LogP contribution is -2.18. The fraction of sp³-hybridized carbons (Fsp3) is 0.667. The Morgan fingerprint density at radius 3 is 1.83 bits per heavy atom. The lowest BCUT2D eigenvalue weighted by molar-refractivity contribution is -0.140. The lowest BCUT2D eigenvalue weighted by Gasteiger charge is -2.14. The molecule has 0 aliphatic heterocycles. The summed E-state index contributed by atoms with van der Waals surface area (Å²) in [5.74, 6) is -0.272. The van der Waals surface area contributed by atoms with Gasteiger partial charge in [-0.25, -0.2) is 0 Å². The van der Waals surface area contributed by atoms with Gasteiger partial charge in [0.1, 0.15) is 5.75 Å². The fourth-order valence-electron chi connectivity index (χ4n) is 2.62. The van der Waals surface area contributed by atoms with Crippen LogP contribution >= 0.6 is 0 Å². The van der Waals surface area contributed by atoms with Crippen LogP contribution in [0.2, 0.25) is 0 Å². The lowest BCUT2D eigenvalue weighted by atomic mass is 10.1. The number of carbonyl (C=O) groups excluding carboxylic acids is 2. The smallest absolute Gasteiger partial charge is 0.313 e. The van der Waals surface area contributed by atoms with E-state index in [4.69, 9.17) is 14.2 Å².